The van der Waals surface area contributed by atoms with Crippen molar-refractivity contribution in [2.45, 2.75) is 70.6 Å². The fourth-order valence-corrected chi connectivity index (χ4v) is 4.16. The van der Waals surface area contributed by atoms with Crippen molar-refractivity contribution < 1.29 is 9.53 Å². The van der Waals surface area contributed by atoms with Crippen LogP contribution in [0.5, 0.6) is 0 Å². The highest BCUT2D eigenvalue weighted by Gasteiger charge is 2.20. The number of hydrogen-bond donors (Lipinski definition) is 2. The molecule has 0 spiro atoms. The van der Waals surface area contributed by atoms with Gasteiger partial charge in [-0.05, 0) is 30.4 Å². The van der Waals surface area contributed by atoms with E-state index in [1.165, 1.54) is 49.7 Å². The molecular formula is C23H36N4O2. The molecule has 1 aliphatic heterocycles. The summed E-state index contributed by atoms with van der Waals surface area (Å²) in [6, 6.07) is 8.31. The molecule has 29 heavy (non-hydrogen) atoms. The first-order chi connectivity index (χ1) is 14.3. The second-order valence-electron chi connectivity index (χ2n) is 8.02. The standard InChI is InChI=1S/C23H36N4O2/c1-24-23(25-14-16-29-21-11-4-2-3-5-12-21)26-17-19-9-6-7-10-20(19)18-27-15-8-13-22(27)28/h6-7,9-10,21H,2-5,8,11-18H2,1H3,(H2,24,25,26). The number of nitrogens with zero attached hydrogens (tertiary/aromatic N) is 2. The van der Waals surface area contributed by atoms with Crippen molar-refractivity contribution in [1.82, 2.24) is 15.5 Å². The molecule has 1 saturated heterocycles. The molecule has 1 heterocycles. The Labute approximate surface area is 175 Å². The fourth-order valence-electron chi connectivity index (χ4n) is 4.16. The zero-order valence-corrected chi connectivity index (χ0v) is 17.8. The van der Waals surface area contributed by atoms with Gasteiger partial charge in [0.1, 0.15) is 0 Å². The van der Waals surface area contributed by atoms with Crippen molar-refractivity contribution in [1.29, 1.82) is 0 Å². The van der Waals surface area contributed by atoms with Gasteiger partial charge in [0.05, 0.1) is 12.7 Å². The Morgan fingerprint density at radius 3 is 2.55 bits per heavy atom. The number of aliphatic imine (C=N–C) groups is 1. The minimum atomic E-state index is 0.263. The van der Waals surface area contributed by atoms with Crippen LogP contribution < -0.4 is 10.6 Å². The first-order valence-corrected chi connectivity index (χ1v) is 11.2. The first kappa shape index (κ1) is 21.6. The van der Waals surface area contributed by atoms with Crippen LogP contribution in [0.1, 0.15) is 62.5 Å². The molecule has 0 aromatic heterocycles. The van der Waals surface area contributed by atoms with E-state index in [0.717, 1.165) is 25.5 Å². The zero-order chi connectivity index (χ0) is 20.3. The van der Waals surface area contributed by atoms with E-state index in [-0.39, 0.29) is 5.91 Å². The van der Waals surface area contributed by atoms with Gasteiger partial charge < -0.3 is 20.3 Å². The lowest BCUT2D eigenvalue weighted by Crippen LogP contribution is -2.39. The predicted octanol–water partition coefficient (Wildman–Crippen LogP) is 3.21. The minimum absolute atomic E-state index is 0.263. The van der Waals surface area contributed by atoms with Gasteiger partial charge in [0.15, 0.2) is 5.96 Å². The molecule has 2 N–H and O–H groups in total. The number of ether oxygens (including phenoxy) is 1. The van der Waals surface area contributed by atoms with Crippen LogP contribution in [0.3, 0.4) is 0 Å². The normalized spacial score (nSPS) is 18.7. The zero-order valence-electron chi connectivity index (χ0n) is 17.8. The molecule has 160 valence electrons. The van der Waals surface area contributed by atoms with E-state index in [4.69, 9.17) is 4.74 Å². The Kier molecular flexibility index (Phi) is 8.81. The summed E-state index contributed by atoms with van der Waals surface area (Å²) in [6.07, 6.45) is 9.76. The Morgan fingerprint density at radius 1 is 1.10 bits per heavy atom. The molecule has 0 unspecified atom stereocenters. The van der Waals surface area contributed by atoms with Gasteiger partial charge >= 0.3 is 0 Å². The number of hydrogen-bond acceptors (Lipinski definition) is 3. The number of nitrogens with one attached hydrogen (secondary N) is 2. The molecule has 6 heteroatoms. The summed E-state index contributed by atoms with van der Waals surface area (Å²) in [5.41, 5.74) is 2.40. The van der Waals surface area contributed by atoms with Crippen LogP contribution in [0, 0.1) is 0 Å². The number of carbonyl (C=O) groups is 1. The molecule has 0 atom stereocenters. The third-order valence-corrected chi connectivity index (χ3v) is 5.87. The van der Waals surface area contributed by atoms with Crippen LogP contribution in [0.2, 0.25) is 0 Å². The minimum Gasteiger partial charge on any atom is -0.376 e. The summed E-state index contributed by atoms with van der Waals surface area (Å²) in [4.78, 5) is 18.2. The van der Waals surface area contributed by atoms with Crippen molar-refractivity contribution in [3.63, 3.8) is 0 Å². The molecule has 1 aromatic rings. The van der Waals surface area contributed by atoms with E-state index in [0.29, 0.717) is 32.2 Å². The van der Waals surface area contributed by atoms with Crippen molar-refractivity contribution in [3.05, 3.63) is 35.4 Å². The molecular weight excluding hydrogens is 364 g/mol. The van der Waals surface area contributed by atoms with Gasteiger partial charge in [-0.3, -0.25) is 9.79 Å². The first-order valence-electron chi connectivity index (χ1n) is 11.2. The maximum Gasteiger partial charge on any atom is 0.222 e. The average Bonchev–Trinajstić information content (AvgIpc) is 2.98. The molecule has 2 aliphatic rings. The SMILES string of the molecule is CN=C(NCCOC1CCCCCC1)NCc1ccccc1CN1CCCC1=O. The largest absolute Gasteiger partial charge is 0.376 e. The lowest BCUT2D eigenvalue weighted by atomic mass is 10.1. The average molecular weight is 401 g/mol. The maximum atomic E-state index is 12.0. The summed E-state index contributed by atoms with van der Waals surface area (Å²) in [7, 11) is 1.79. The van der Waals surface area contributed by atoms with Crippen LogP contribution >= 0.6 is 0 Å². The summed E-state index contributed by atoms with van der Waals surface area (Å²) in [5.74, 6) is 1.04. The Balaban J connectivity index is 1.41. The quantitative estimate of drug-likeness (QED) is 0.304. The van der Waals surface area contributed by atoms with Crippen molar-refractivity contribution in [2.24, 2.45) is 4.99 Å². The van der Waals surface area contributed by atoms with E-state index in [1.54, 1.807) is 7.05 Å². The summed E-state index contributed by atoms with van der Waals surface area (Å²) >= 11 is 0. The maximum absolute atomic E-state index is 12.0. The molecule has 6 nitrogen and oxygen atoms in total. The Hall–Kier alpha value is -2.08. The van der Waals surface area contributed by atoms with Gasteiger partial charge in [-0.2, -0.15) is 0 Å². The van der Waals surface area contributed by atoms with E-state index in [1.807, 2.05) is 17.0 Å². The lowest BCUT2D eigenvalue weighted by molar-refractivity contribution is -0.128. The monoisotopic (exact) mass is 400 g/mol. The van der Waals surface area contributed by atoms with Gasteiger partial charge in [0.2, 0.25) is 5.91 Å². The van der Waals surface area contributed by atoms with E-state index in [9.17, 15) is 4.79 Å². The van der Waals surface area contributed by atoms with Gasteiger partial charge in [-0.25, -0.2) is 0 Å². The summed E-state index contributed by atoms with van der Waals surface area (Å²) < 4.78 is 6.04. The Bertz CT molecular complexity index is 669. The van der Waals surface area contributed by atoms with E-state index >= 15 is 0 Å². The van der Waals surface area contributed by atoms with Crippen molar-refractivity contribution in [3.8, 4) is 0 Å². The smallest absolute Gasteiger partial charge is 0.222 e. The van der Waals surface area contributed by atoms with Gasteiger partial charge in [-0.1, -0.05) is 49.9 Å². The van der Waals surface area contributed by atoms with E-state index < -0.39 is 0 Å². The van der Waals surface area contributed by atoms with Crippen LogP contribution in [0.4, 0.5) is 0 Å². The molecule has 1 aliphatic carbocycles. The second kappa shape index (κ2) is 11.8. The summed E-state index contributed by atoms with van der Waals surface area (Å²) in [5, 5.41) is 6.73. The molecule has 1 amide bonds. The highest BCUT2D eigenvalue weighted by atomic mass is 16.5. The summed E-state index contributed by atoms with van der Waals surface area (Å²) in [6.45, 7) is 3.70. The number of guanidine groups is 1. The molecule has 3 rings (SSSR count). The third kappa shape index (κ3) is 7.03. The highest BCUT2D eigenvalue weighted by Crippen LogP contribution is 2.19. The molecule has 1 saturated carbocycles. The second-order valence-corrected chi connectivity index (χ2v) is 8.02. The number of amides is 1. The molecule has 0 bridgehead atoms. The highest BCUT2D eigenvalue weighted by molar-refractivity contribution is 5.79. The van der Waals surface area contributed by atoms with Crippen molar-refractivity contribution >= 4 is 11.9 Å². The van der Waals surface area contributed by atoms with E-state index in [2.05, 4.69) is 27.8 Å². The van der Waals surface area contributed by atoms with Crippen LogP contribution in [-0.4, -0.2) is 49.6 Å². The molecule has 1 aromatic carbocycles. The molecule has 2 fully saturated rings. The number of carbonyl (C=O) groups excluding carboxylic acids is 1. The predicted molar refractivity (Wildman–Crippen MR) is 117 cm³/mol. The number of likely N-dealkylation sites (tertiary alicyclic amines) is 1. The lowest BCUT2D eigenvalue weighted by Gasteiger charge is -2.19. The van der Waals surface area contributed by atoms with Crippen LogP contribution in [0.25, 0.3) is 0 Å². The third-order valence-electron chi connectivity index (χ3n) is 5.87. The van der Waals surface area contributed by atoms with Crippen LogP contribution in [0.15, 0.2) is 29.3 Å². The fraction of sp³-hybridized carbons (Fsp3) is 0.652. The van der Waals surface area contributed by atoms with Gasteiger partial charge in [-0.15, -0.1) is 0 Å². The molecule has 0 radical (unpaired) electrons. The van der Waals surface area contributed by atoms with Gasteiger partial charge in [0.25, 0.3) is 0 Å². The number of rotatable bonds is 8. The van der Waals surface area contributed by atoms with Crippen molar-refractivity contribution in [2.75, 3.05) is 26.7 Å². The Morgan fingerprint density at radius 2 is 1.86 bits per heavy atom. The number of benzene rings is 1. The van der Waals surface area contributed by atoms with Crippen LogP contribution in [-0.2, 0) is 22.6 Å². The van der Waals surface area contributed by atoms with Gasteiger partial charge in [0, 0.05) is 39.6 Å². The topological polar surface area (TPSA) is 66.0 Å².